The lowest BCUT2D eigenvalue weighted by Gasteiger charge is -2.12. The summed E-state index contributed by atoms with van der Waals surface area (Å²) in [4.78, 5) is 4.65. The number of aromatic nitrogens is 2. The number of hydrogen-bond acceptors (Lipinski definition) is 3. The van der Waals surface area contributed by atoms with Crippen molar-refractivity contribution in [2.75, 3.05) is 13.1 Å². The van der Waals surface area contributed by atoms with Gasteiger partial charge in [0.2, 0.25) is 0 Å². The van der Waals surface area contributed by atoms with Gasteiger partial charge in [0, 0.05) is 19.5 Å². The van der Waals surface area contributed by atoms with Crippen LogP contribution in [0.2, 0.25) is 0 Å². The molecular formula is C15H23N3O. The Morgan fingerprint density at radius 3 is 2.84 bits per heavy atom. The molecule has 4 nitrogen and oxygen atoms in total. The molecule has 1 atom stereocenters. The van der Waals surface area contributed by atoms with Crippen molar-refractivity contribution in [3.63, 3.8) is 0 Å². The maximum Gasteiger partial charge on any atom is 0.112 e. The van der Waals surface area contributed by atoms with Gasteiger partial charge in [-0.25, -0.2) is 4.98 Å². The molecule has 1 heterocycles. The first kappa shape index (κ1) is 14.0. The Kier molecular flexibility index (Phi) is 4.93. The molecule has 0 fully saturated rings. The lowest BCUT2D eigenvalue weighted by molar-refractivity contribution is 0.169. The van der Waals surface area contributed by atoms with Crippen molar-refractivity contribution in [2.45, 2.75) is 39.3 Å². The summed E-state index contributed by atoms with van der Waals surface area (Å²) < 4.78 is 2.23. The van der Waals surface area contributed by atoms with E-state index in [4.69, 9.17) is 0 Å². The number of likely N-dealkylation sites (N-methyl/N-ethyl adjacent to an activating group) is 1. The molecule has 0 bridgehead atoms. The summed E-state index contributed by atoms with van der Waals surface area (Å²) >= 11 is 0. The number of para-hydroxylation sites is 2. The minimum Gasteiger partial charge on any atom is -0.391 e. The quantitative estimate of drug-likeness (QED) is 0.801. The first-order chi connectivity index (χ1) is 9.26. The predicted molar refractivity (Wildman–Crippen MR) is 78.3 cm³/mol. The molecule has 2 aromatic rings. The number of nitrogens with one attached hydrogen (secondary N) is 1. The average molecular weight is 261 g/mol. The van der Waals surface area contributed by atoms with Crippen LogP contribution in [-0.4, -0.2) is 33.9 Å². The van der Waals surface area contributed by atoms with Gasteiger partial charge in [-0.05, 0) is 25.1 Å². The second kappa shape index (κ2) is 6.68. The number of imidazole rings is 1. The van der Waals surface area contributed by atoms with Crippen LogP contribution in [-0.2, 0) is 13.0 Å². The Labute approximate surface area is 114 Å². The third-order valence-corrected chi connectivity index (χ3v) is 3.23. The summed E-state index contributed by atoms with van der Waals surface area (Å²) in [6.07, 6.45) is 1.28. The summed E-state index contributed by atoms with van der Waals surface area (Å²) in [6.45, 7) is 6.64. The van der Waals surface area contributed by atoms with E-state index >= 15 is 0 Å². The molecule has 0 saturated heterocycles. The Hall–Kier alpha value is -1.39. The normalized spacial score (nSPS) is 13.0. The third-order valence-electron chi connectivity index (χ3n) is 3.23. The molecule has 0 aliphatic carbocycles. The van der Waals surface area contributed by atoms with E-state index in [9.17, 15) is 5.11 Å². The largest absolute Gasteiger partial charge is 0.391 e. The summed E-state index contributed by atoms with van der Waals surface area (Å²) in [5.41, 5.74) is 2.18. The highest BCUT2D eigenvalue weighted by Gasteiger charge is 2.13. The van der Waals surface area contributed by atoms with E-state index in [0.29, 0.717) is 13.0 Å². The van der Waals surface area contributed by atoms with E-state index in [-0.39, 0.29) is 6.10 Å². The first-order valence-corrected chi connectivity index (χ1v) is 7.09. The molecule has 0 aliphatic heterocycles. The fourth-order valence-corrected chi connectivity index (χ4v) is 2.35. The van der Waals surface area contributed by atoms with Crippen LogP contribution < -0.4 is 5.32 Å². The number of hydrogen-bond donors (Lipinski definition) is 2. The van der Waals surface area contributed by atoms with E-state index in [1.807, 2.05) is 25.1 Å². The van der Waals surface area contributed by atoms with Gasteiger partial charge in [-0.2, -0.15) is 0 Å². The van der Waals surface area contributed by atoms with Gasteiger partial charge in [0.05, 0.1) is 17.1 Å². The fraction of sp³-hybridized carbons (Fsp3) is 0.533. The number of fused-ring (bicyclic) bond motifs is 1. The Balaban J connectivity index is 2.23. The zero-order valence-corrected chi connectivity index (χ0v) is 11.8. The van der Waals surface area contributed by atoms with E-state index in [2.05, 4.69) is 27.9 Å². The van der Waals surface area contributed by atoms with Crippen molar-refractivity contribution in [3.8, 4) is 0 Å². The zero-order valence-electron chi connectivity index (χ0n) is 11.8. The first-order valence-electron chi connectivity index (χ1n) is 7.09. The predicted octanol–water partition coefficient (Wildman–Crippen LogP) is 1.96. The van der Waals surface area contributed by atoms with Crippen LogP contribution in [0.4, 0.5) is 0 Å². The lowest BCUT2D eigenvalue weighted by Crippen LogP contribution is -2.29. The SMILES string of the molecule is CCCn1c(CC(O)CNCC)nc2ccccc21. The number of benzene rings is 1. The standard InChI is InChI=1S/C15H23N3O/c1-3-9-18-14-8-6-5-7-13(14)17-15(18)10-12(19)11-16-4-2/h5-8,12,16,19H,3-4,9-11H2,1-2H3. The molecule has 0 radical (unpaired) electrons. The van der Waals surface area contributed by atoms with Gasteiger partial charge in [-0.3, -0.25) is 0 Å². The highest BCUT2D eigenvalue weighted by atomic mass is 16.3. The number of aryl methyl sites for hydroxylation is 1. The van der Waals surface area contributed by atoms with Gasteiger partial charge in [0.15, 0.2) is 0 Å². The lowest BCUT2D eigenvalue weighted by atomic mass is 10.2. The molecule has 2 rings (SSSR count). The fourth-order valence-electron chi connectivity index (χ4n) is 2.35. The molecular weight excluding hydrogens is 238 g/mol. The van der Waals surface area contributed by atoms with Crippen molar-refractivity contribution in [1.29, 1.82) is 0 Å². The van der Waals surface area contributed by atoms with Crippen molar-refractivity contribution in [2.24, 2.45) is 0 Å². The van der Waals surface area contributed by atoms with E-state index in [1.54, 1.807) is 0 Å². The molecule has 1 aromatic carbocycles. The topological polar surface area (TPSA) is 50.1 Å². The van der Waals surface area contributed by atoms with Gasteiger partial charge in [0.25, 0.3) is 0 Å². The van der Waals surface area contributed by atoms with E-state index in [1.165, 1.54) is 0 Å². The van der Waals surface area contributed by atoms with Crippen LogP contribution in [0.5, 0.6) is 0 Å². The molecule has 0 saturated carbocycles. The van der Waals surface area contributed by atoms with Crippen LogP contribution in [0.15, 0.2) is 24.3 Å². The second-order valence-electron chi connectivity index (χ2n) is 4.83. The highest BCUT2D eigenvalue weighted by Crippen LogP contribution is 2.17. The Morgan fingerprint density at radius 2 is 2.11 bits per heavy atom. The molecule has 4 heteroatoms. The maximum atomic E-state index is 10.0. The van der Waals surface area contributed by atoms with Crippen molar-refractivity contribution >= 4 is 11.0 Å². The van der Waals surface area contributed by atoms with Crippen molar-refractivity contribution in [3.05, 3.63) is 30.1 Å². The molecule has 0 amide bonds. The van der Waals surface area contributed by atoms with Crippen LogP contribution >= 0.6 is 0 Å². The van der Waals surface area contributed by atoms with E-state index in [0.717, 1.165) is 36.4 Å². The minimum atomic E-state index is -0.382. The number of nitrogens with zero attached hydrogens (tertiary/aromatic N) is 2. The molecule has 1 unspecified atom stereocenters. The molecule has 104 valence electrons. The Bertz CT molecular complexity index is 521. The third kappa shape index (κ3) is 3.33. The van der Waals surface area contributed by atoms with Gasteiger partial charge >= 0.3 is 0 Å². The number of aliphatic hydroxyl groups is 1. The van der Waals surface area contributed by atoms with Gasteiger partial charge < -0.3 is 15.0 Å². The van der Waals surface area contributed by atoms with Crippen molar-refractivity contribution < 1.29 is 5.11 Å². The van der Waals surface area contributed by atoms with E-state index < -0.39 is 0 Å². The smallest absolute Gasteiger partial charge is 0.112 e. The monoisotopic (exact) mass is 261 g/mol. The van der Waals surface area contributed by atoms with Crippen molar-refractivity contribution in [1.82, 2.24) is 14.9 Å². The molecule has 0 spiro atoms. The van der Waals surface area contributed by atoms with Crippen LogP contribution in [0.1, 0.15) is 26.1 Å². The molecule has 2 N–H and O–H groups in total. The molecule has 0 aliphatic rings. The van der Waals surface area contributed by atoms with Crippen LogP contribution in [0, 0.1) is 0 Å². The average Bonchev–Trinajstić information content (AvgIpc) is 2.75. The highest BCUT2D eigenvalue weighted by molar-refractivity contribution is 5.75. The van der Waals surface area contributed by atoms with Gasteiger partial charge in [-0.1, -0.05) is 26.0 Å². The minimum absolute atomic E-state index is 0.382. The van der Waals surface area contributed by atoms with Gasteiger partial charge in [0.1, 0.15) is 5.82 Å². The molecule has 1 aromatic heterocycles. The second-order valence-corrected chi connectivity index (χ2v) is 4.83. The Morgan fingerprint density at radius 1 is 1.32 bits per heavy atom. The summed E-state index contributed by atoms with van der Waals surface area (Å²) in [5, 5.41) is 13.2. The van der Waals surface area contributed by atoms with Crippen LogP contribution in [0.25, 0.3) is 11.0 Å². The summed E-state index contributed by atoms with van der Waals surface area (Å²) in [7, 11) is 0. The number of rotatable bonds is 7. The maximum absolute atomic E-state index is 10.0. The summed E-state index contributed by atoms with van der Waals surface area (Å²) in [6, 6.07) is 8.17. The number of aliphatic hydroxyl groups excluding tert-OH is 1. The van der Waals surface area contributed by atoms with Crippen LogP contribution in [0.3, 0.4) is 0 Å². The molecule has 19 heavy (non-hydrogen) atoms. The van der Waals surface area contributed by atoms with Gasteiger partial charge in [-0.15, -0.1) is 0 Å². The zero-order chi connectivity index (χ0) is 13.7. The summed E-state index contributed by atoms with van der Waals surface area (Å²) in [5.74, 6) is 0.980.